The summed E-state index contributed by atoms with van der Waals surface area (Å²) >= 11 is 0. The number of nitrogens with zero attached hydrogens (tertiary/aromatic N) is 4. The smallest absolute Gasteiger partial charge is 0.342 e. The minimum atomic E-state index is -4.46. The van der Waals surface area contributed by atoms with Crippen molar-refractivity contribution in [1.29, 1.82) is 0 Å². The lowest BCUT2D eigenvalue weighted by Crippen LogP contribution is -2.34. The van der Waals surface area contributed by atoms with E-state index in [4.69, 9.17) is 0 Å². The highest BCUT2D eigenvalue weighted by molar-refractivity contribution is 5.92. The van der Waals surface area contributed by atoms with E-state index in [9.17, 15) is 18.0 Å². The molecule has 0 fully saturated rings. The van der Waals surface area contributed by atoms with Gasteiger partial charge < -0.3 is 5.32 Å². The highest BCUT2D eigenvalue weighted by atomic mass is 19.4. The minimum Gasteiger partial charge on any atom is -0.342 e. The number of nitrogens with one attached hydrogen (secondary N) is 1. The van der Waals surface area contributed by atoms with Crippen molar-refractivity contribution in [3.63, 3.8) is 0 Å². The van der Waals surface area contributed by atoms with Crippen molar-refractivity contribution >= 4 is 11.7 Å². The summed E-state index contributed by atoms with van der Waals surface area (Å²) in [5.74, 6) is -0.709. The molecule has 0 spiro atoms. The van der Waals surface area contributed by atoms with Gasteiger partial charge in [-0.05, 0) is 12.0 Å². The van der Waals surface area contributed by atoms with E-state index in [0.717, 1.165) is 0 Å². The summed E-state index contributed by atoms with van der Waals surface area (Å²) in [4.78, 5) is 19.4. The van der Waals surface area contributed by atoms with E-state index in [2.05, 4.69) is 15.1 Å². The van der Waals surface area contributed by atoms with Gasteiger partial charge in [-0.3, -0.25) is 4.79 Å². The summed E-state index contributed by atoms with van der Waals surface area (Å²) in [5, 5.41) is 5.73. The molecule has 0 saturated carbocycles. The van der Waals surface area contributed by atoms with Gasteiger partial charge in [-0.1, -0.05) is 13.8 Å². The topological polar surface area (TPSA) is 72.2 Å². The minimum absolute atomic E-state index is 0.0105. The van der Waals surface area contributed by atoms with Crippen LogP contribution in [0.1, 0.15) is 35.9 Å². The van der Waals surface area contributed by atoms with Crippen molar-refractivity contribution in [3.8, 4) is 0 Å². The number of amides is 1. The van der Waals surface area contributed by atoms with Crippen LogP contribution in [0, 0.1) is 0 Å². The van der Waals surface area contributed by atoms with Crippen LogP contribution < -0.4 is 5.32 Å². The Balaban J connectivity index is 2.32. The van der Waals surface area contributed by atoms with Gasteiger partial charge in [0.15, 0.2) is 0 Å². The summed E-state index contributed by atoms with van der Waals surface area (Å²) in [6.45, 7) is 2.34. The fraction of sp³-hybridized carbons (Fsp3) is 0.455. The van der Waals surface area contributed by atoms with Crippen LogP contribution in [0.3, 0.4) is 0 Å². The number of aromatic nitrogens is 4. The summed E-state index contributed by atoms with van der Waals surface area (Å²) in [7, 11) is 0. The van der Waals surface area contributed by atoms with Gasteiger partial charge in [-0.15, -0.1) is 0 Å². The maximum absolute atomic E-state index is 12.1. The molecule has 2 aromatic heterocycles. The zero-order valence-corrected chi connectivity index (χ0v) is 10.8. The Morgan fingerprint density at radius 3 is 2.75 bits per heavy atom. The number of halogens is 3. The monoisotopic (exact) mass is 287 g/mol. The summed E-state index contributed by atoms with van der Waals surface area (Å²) < 4.78 is 37.7. The summed E-state index contributed by atoms with van der Waals surface area (Å²) in [5.41, 5.74) is 0.531. The van der Waals surface area contributed by atoms with Gasteiger partial charge in [-0.2, -0.15) is 23.3 Å². The molecule has 0 aliphatic heterocycles. The van der Waals surface area contributed by atoms with E-state index in [1.165, 1.54) is 16.9 Å². The zero-order chi connectivity index (χ0) is 14.9. The number of alkyl halides is 3. The Kier molecular flexibility index (Phi) is 3.60. The molecule has 0 bridgehead atoms. The highest BCUT2D eigenvalue weighted by Crippen LogP contribution is 2.16. The molecule has 0 saturated heterocycles. The fourth-order valence-corrected chi connectivity index (χ4v) is 1.63. The fourth-order valence-electron chi connectivity index (χ4n) is 1.63. The molecule has 0 unspecified atom stereocenters. The van der Waals surface area contributed by atoms with Gasteiger partial charge in [0.1, 0.15) is 18.6 Å². The lowest BCUT2D eigenvalue weighted by atomic mass is 10.1. The zero-order valence-electron chi connectivity index (χ0n) is 10.8. The van der Waals surface area contributed by atoms with Crippen LogP contribution in [0.5, 0.6) is 0 Å². The van der Waals surface area contributed by atoms with Gasteiger partial charge in [0, 0.05) is 0 Å². The normalized spacial score (nSPS) is 12.1. The second-order valence-corrected chi connectivity index (χ2v) is 4.49. The molecule has 1 N–H and O–H groups in total. The highest BCUT2D eigenvalue weighted by Gasteiger charge is 2.28. The van der Waals surface area contributed by atoms with Crippen molar-refractivity contribution in [2.75, 3.05) is 6.54 Å². The van der Waals surface area contributed by atoms with E-state index < -0.39 is 18.6 Å². The number of hydrogen-bond acceptors (Lipinski definition) is 4. The van der Waals surface area contributed by atoms with E-state index >= 15 is 0 Å². The van der Waals surface area contributed by atoms with Crippen LogP contribution in [0.15, 0.2) is 12.4 Å². The van der Waals surface area contributed by atoms with Crippen molar-refractivity contribution in [2.45, 2.75) is 25.9 Å². The molecule has 20 heavy (non-hydrogen) atoms. The van der Waals surface area contributed by atoms with Crippen LogP contribution >= 0.6 is 0 Å². The van der Waals surface area contributed by atoms with E-state index in [1.54, 1.807) is 5.32 Å². The summed E-state index contributed by atoms with van der Waals surface area (Å²) in [6.07, 6.45) is -3.19. The molecule has 2 rings (SSSR count). The van der Waals surface area contributed by atoms with Crippen molar-refractivity contribution < 1.29 is 18.0 Å². The molecule has 108 valence electrons. The molecule has 2 aromatic rings. The lowest BCUT2D eigenvalue weighted by Gasteiger charge is -2.11. The van der Waals surface area contributed by atoms with E-state index in [-0.39, 0.29) is 17.4 Å². The van der Waals surface area contributed by atoms with Crippen LogP contribution in [0.25, 0.3) is 5.78 Å². The molecule has 9 heteroatoms. The Morgan fingerprint density at radius 2 is 2.15 bits per heavy atom. The summed E-state index contributed by atoms with van der Waals surface area (Å²) in [6, 6.07) is 1.41. The molecule has 0 aliphatic carbocycles. The van der Waals surface area contributed by atoms with Crippen LogP contribution in [-0.2, 0) is 0 Å². The first-order chi connectivity index (χ1) is 9.28. The SMILES string of the molecule is CC(C)c1cc(C(=O)NCC(F)(F)F)nc2ncnn12. The maximum Gasteiger partial charge on any atom is 0.405 e. The van der Waals surface area contributed by atoms with Crippen molar-refractivity contribution in [3.05, 3.63) is 23.8 Å². The maximum atomic E-state index is 12.1. The number of carbonyl (C=O) groups excluding carboxylic acids is 1. The van der Waals surface area contributed by atoms with Gasteiger partial charge in [0.25, 0.3) is 11.7 Å². The molecule has 0 atom stereocenters. The number of rotatable bonds is 3. The molecule has 1 amide bonds. The number of carbonyl (C=O) groups is 1. The van der Waals surface area contributed by atoms with Gasteiger partial charge in [0.05, 0.1) is 5.69 Å². The van der Waals surface area contributed by atoms with Crippen molar-refractivity contribution in [1.82, 2.24) is 24.9 Å². The number of fused-ring (bicyclic) bond motifs is 1. The molecular weight excluding hydrogens is 275 g/mol. The average Bonchev–Trinajstić information content (AvgIpc) is 2.81. The predicted octanol–water partition coefficient (Wildman–Crippen LogP) is 1.54. The Bertz CT molecular complexity index is 635. The van der Waals surface area contributed by atoms with Gasteiger partial charge >= 0.3 is 6.18 Å². The van der Waals surface area contributed by atoms with Crippen LogP contribution in [0.4, 0.5) is 13.2 Å². The second-order valence-electron chi connectivity index (χ2n) is 4.49. The molecule has 2 heterocycles. The average molecular weight is 287 g/mol. The molecule has 0 aromatic carbocycles. The molecule has 0 aliphatic rings. The second kappa shape index (κ2) is 5.06. The molecule has 0 radical (unpaired) electrons. The van der Waals surface area contributed by atoms with Gasteiger partial charge in [0.2, 0.25) is 0 Å². The predicted molar refractivity (Wildman–Crippen MR) is 63.3 cm³/mol. The molecular formula is C11H12F3N5O. The third-order valence-electron chi connectivity index (χ3n) is 2.55. The standard InChI is InChI=1S/C11H12F3N5O/c1-6(2)8-3-7(9(20)15-4-11(12,13)14)18-10-16-5-17-19(8)10/h3,5-6H,4H2,1-2H3,(H,15,20). The Labute approximate surface area is 112 Å². The quantitative estimate of drug-likeness (QED) is 0.929. The van der Waals surface area contributed by atoms with Crippen LogP contribution in [0.2, 0.25) is 0 Å². The van der Waals surface area contributed by atoms with E-state index in [0.29, 0.717) is 5.69 Å². The van der Waals surface area contributed by atoms with Crippen molar-refractivity contribution in [2.24, 2.45) is 0 Å². The third-order valence-corrected chi connectivity index (χ3v) is 2.55. The van der Waals surface area contributed by atoms with Crippen LogP contribution in [-0.4, -0.2) is 38.2 Å². The largest absolute Gasteiger partial charge is 0.405 e. The lowest BCUT2D eigenvalue weighted by molar-refractivity contribution is -0.123. The first-order valence-electron chi connectivity index (χ1n) is 5.83. The third kappa shape index (κ3) is 3.03. The number of hydrogen-bond donors (Lipinski definition) is 1. The van der Waals surface area contributed by atoms with Gasteiger partial charge in [-0.25, -0.2) is 9.50 Å². The van der Waals surface area contributed by atoms with E-state index in [1.807, 2.05) is 13.8 Å². The first-order valence-corrected chi connectivity index (χ1v) is 5.83. The Hall–Kier alpha value is -2.19. The first kappa shape index (κ1) is 14.2. The Morgan fingerprint density at radius 1 is 1.45 bits per heavy atom. The molecule has 6 nitrogen and oxygen atoms in total.